The summed E-state index contributed by atoms with van der Waals surface area (Å²) in [4.78, 5) is 32.5. The van der Waals surface area contributed by atoms with Crippen LogP contribution in [0.1, 0.15) is 21.0 Å². The van der Waals surface area contributed by atoms with E-state index in [9.17, 15) is 9.59 Å². The van der Waals surface area contributed by atoms with Gasteiger partial charge < -0.3 is 15.8 Å². The zero-order valence-corrected chi connectivity index (χ0v) is 16.4. The van der Waals surface area contributed by atoms with Crippen LogP contribution in [0.5, 0.6) is 5.88 Å². The van der Waals surface area contributed by atoms with Gasteiger partial charge in [-0.3, -0.25) is 9.59 Å². The van der Waals surface area contributed by atoms with Crippen LogP contribution in [0.4, 0.5) is 5.69 Å². The van der Waals surface area contributed by atoms with Crippen LogP contribution in [0.15, 0.2) is 30.5 Å². The number of ether oxygens (including phenoxy) is 1. The first-order valence-corrected chi connectivity index (χ1v) is 8.67. The average Bonchev–Trinajstić information content (AvgIpc) is 3.08. The molecule has 3 aromatic heterocycles. The monoisotopic (exact) mass is 440 g/mol. The predicted molar refractivity (Wildman–Crippen MR) is 104 cm³/mol. The number of rotatable bonds is 5. The van der Waals surface area contributed by atoms with Crippen LogP contribution in [0.3, 0.4) is 0 Å². The van der Waals surface area contributed by atoms with E-state index in [-0.39, 0.29) is 44.0 Å². The number of amides is 2. The third-order valence-corrected chi connectivity index (χ3v) is 4.27. The van der Waals surface area contributed by atoms with Gasteiger partial charge in [-0.2, -0.15) is 0 Å². The summed E-state index contributed by atoms with van der Waals surface area (Å²) in [7, 11) is 1.39. The standard InChI is InChI=1S/C16H11Cl3N6O3/c1-28-11-6-9(25(24-11)15-7(17)3-2-4-21-15)16(27)23-12-8(18)5-10(19)22-13(12)14(20)26/h2-6H,1H3,(H2,20,26)(H,23,27). The molecule has 3 heterocycles. The Bertz CT molecular complexity index is 1090. The maximum Gasteiger partial charge on any atom is 0.274 e. The molecule has 0 bridgehead atoms. The van der Waals surface area contributed by atoms with Crippen LogP contribution in [-0.4, -0.2) is 38.7 Å². The molecule has 9 nitrogen and oxygen atoms in total. The minimum atomic E-state index is -0.918. The highest BCUT2D eigenvalue weighted by Gasteiger charge is 2.23. The molecule has 0 spiro atoms. The van der Waals surface area contributed by atoms with Gasteiger partial charge in [-0.1, -0.05) is 34.8 Å². The fraction of sp³-hybridized carbons (Fsp3) is 0.0625. The molecule has 0 aliphatic rings. The Morgan fingerprint density at radius 2 is 1.96 bits per heavy atom. The van der Waals surface area contributed by atoms with E-state index < -0.39 is 11.8 Å². The number of carbonyl (C=O) groups excluding carboxylic acids is 2. The van der Waals surface area contributed by atoms with Gasteiger partial charge in [-0.05, 0) is 18.2 Å². The molecule has 2 amide bonds. The first kappa shape index (κ1) is 19.9. The second-order valence-electron chi connectivity index (χ2n) is 5.26. The number of hydrogen-bond donors (Lipinski definition) is 2. The summed E-state index contributed by atoms with van der Waals surface area (Å²) < 4.78 is 6.28. The Labute approximate surface area is 173 Å². The van der Waals surface area contributed by atoms with E-state index in [0.29, 0.717) is 0 Å². The zero-order chi connectivity index (χ0) is 20.4. The number of halogens is 3. The van der Waals surface area contributed by atoms with Gasteiger partial charge in [0.1, 0.15) is 10.8 Å². The molecule has 3 N–H and O–H groups in total. The lowest BCUT2D eigenvalue weighted by molar-refractivity contribution is 0.0996. The van der Waals surface area contributed by atoms with Gasteiger partial charge >= 0.3 is 0 Å². The minimum Gasteiger partial charge on any atom is -0.480 e. The molecule has 0 aliphatic heterocycles. The van der Waals surface area contributed by atoms with Gasteiger partial charge in [-0.15, -0.1) is 5.10 Å². The molecule has 0 atom stereocenters. The lowest BCUT2D eigenvalue weighted by Gasteiger charge is -2.12. The number of carbonyl (C=O) groups is 2. The van der Waals surface area contributed by atoms with Crippen molar-refractivity contribution in [1.82, 2.24) is 19.7 Å². The Morgan fingerprint density at radius 3 is 2.61 bits per heavy atom. The first-order chi connectivity index (χ1) is 13.3. The van der Waals surface area contributed by atoms with Crippen LogP contribution in [-0.2, 0) is 0 Å². The summed E-state index contributed by atoms with van der Waals surface area (Å²) in [6.45, 7) is 0. The van der Waals surface area contributed by atoms with Gasteiger partial charge in [0.05, 0.1) is 22.8 Å². The normalized spacial score (nSPS) is 10.6. The van der Waals surface area contributed by atoms with Gasteiger partial charge in [0, 0.05) is 12.3 Å². The first-order valence-electron chi connectivity index (χ1n) is 7.54. The summed E-state index contributed by atoms with van der Waals surface area (Å²) in [5.41, 5.74) is 4.92. The fourth-order valence-corrected chi connectivity index (χ4v) is 2.97. The fourth-order valence-electron chi connectivity index (χ4n) is 2.28. The van der Waals surface area contributed by atoms with Crippen LogP contribution >= 0.6 is 34.8 Å². The largest absolute Gasteiger partial charge is 0.480 e. The van der Waals surface area contributed by atoms with Crippen molar-refractivity contribution < 1.29 is 14.3 Å². The summed E-state index contributed by atoms with van der Waals surface area (Å²) in [6, 6.07) is 5.84. The molecular formula is C16H11Cl3N6O3. The molecule has 28 heavy (non-hydrogen) atoms. The van der Waals surface area contributed by atoms with Gasteiger partial charge in [0.2, 0.25) is 5.88 Å². The van der Waals surface area contributed by atoms with Crippen molar-refractivity contribution in [1.29, 1.82) is 0 Å². The number of anilines is 1. The van der Waals surface area contributed by atoms with E-state index in [1.54, 1.807) is 12.1 Å². The van der Waals surface area contributed by atoms with Crippen LogP contribution in [0.25, 0.3) is 5.82 Å². The SMILES string of the molecule is COc1cc(C(=O)Nc2c(Cl)cc(Cl)nc2C(N)=O)n(-c2ncccc2Cl)n1. The lowest BCUT2D eigenvalue weighted by Crippen LogP contribution is -2.22. The van der Waals surface area contributed by atoms with E-state index in [1.807, 2.05) is 0 Å². The number of pyridine rings is 2. The van der Waals surface area contributed by atoms with E-state index in [2.05, 4.69) is 20.4 Å². The molecule has 3 rings (SSSR count). The molecule has 0 saturated carbocycles. The molecular weight excluding hydrogens is 431 g/mol. The van der Waals surface area contributed by atoms with Crippen molar-refractivity contribution in [2.24, 2.45) is 5.73 Å². The van der Waals surface area contributed by atoms with Gasteiger partial charge in [0.15, 0.2) is 11.5 Å². The third-order valence-electron chi connectivity index (χ3n) is 3.48. The number of nitrogens with one attached hydrogen (secondary N) is 1. The number of nitrogens with zero attached hydrogens (tertiary/aromatic N) is 4. The van der Waals surface area contributed by atoms with E-state index in [4.69, 9.17) is 45.3 Å². The number of aromatic nitrogens is 4. The number of methoxy groups -OCH3 is 1. The highest BCUT2D eigenvalue weighted by molar-refractivity contribution is 6.37. The van der Waals surface area contributed by atoms with Crippen LogP contribution < -0.4 is 15.8 Å². The van der Waals surface area contributed by atoms with Crippen LogP contribution in [0, 0.1) is 0 Å². The number of hydrogen-bond acceptors (Lipinski definition) is 6. The van der Waals surface area contributed by atoms with E-state index in [0.717, 1.165) is 0 Å². The van der Waals surface area contributed by atoms with E-state index >= 15 is 0 Å². The number of nitrogens with two attached hydrogens (primary N) is 1. The Kier molecular flexibility index (Phi) is 5.68. The van der Waals surface area contributed by atoms with Crippen LogP contribution in [0.2, 0.25) is 15.2 Å². The van der Waals surface area contributed by atoms with Gasteiger partial charge in [-0.25, -0.2) is 14.6 Å². The van der Waals surface area contributed by atoms with Crippen molar-refractivity contribution in [2.75, 3.05) is 12.4 Å². The molecule has 0 saturated heterocycles. The average molecular weight is 442 g/mol. The van der Waals surface area contributed by atoms with Crippen molar-refractivity contribution in [3.8, 4) is 11.7 Å². The van der Waals surface area contributed by atoms with E-state index in [1.165, 1.54) is 30.1 Å². The maximum absolute atomic E-state index is 12.9. The molecule has 3 aromatic rings. The van der Waals surface area contributed by atoms with Crippen molar-refractivity contribution in [2.45, 2.75) is 0 Å². The summed E-state index contributed by atoms with van der Waals surface area (Å²) >= 11 is 18.0. The Balaban J connectivity index is 2.07. The molecule has 0 aromatic carbocycles. The van der Waals surface area contributed by atoms with Gasteiger partial charge in [0.25, 0.3) is 11.8 Å². The van der Waals surface area contributed by atoms with Crippen molar-refractivity contribution in [3.05, 3.63) is 57.0 Å². The molecule has 12 heteroatoms. The molecule has 0 fully saturated rings. The Hall–Kier alpha value is -2.88. The number of primary amides is 1. The predicted octanol–water partition coefficient (Wildman–Crippen LogP) is 2.98. The zero-order valence-electron chi connectivity index (χ0n) is 14.1. The maximum atomic E-state index is 12.9. The Morgan fingerprint density at radius 1 is 1.21 bits per heavy atom. The minimum absolute atomic E-state index is 0.0129. The second kappa shape index (κ2) is 8.01. The molecule has 0 aliphatic carbocycles. The second-order valence-corrected chi connectivity index (χ2v) is 6.46. The molecule has 144 valence electrons. The summed E-state index contributed by atoms with van der Waals surface area (Å²) in [6.07, 6.45) is 1.49. The molecule has 0 radical (unpaired) electrons. The summed E-state index contributed by atoms with van der Waals surface area (Å²) in [5, 5.41) is 6.82. The molecule has 0 unspecified atom stereocenters. The van der Waals surface area contributed by atoms with Crippen molar-refractivity contribution >= 4 is 52.3 Å². The quantitative estimate of drug-likeness (QED) is 0.586. The topological polar surface area (TPSA) is 125 Å². The smallest absolute Gasteiger partial charge is 0.274 e. The highest BCUT2D eigenvalue weighted by atomic mass is 35.5. The summed E-state index contributed by atoms with van der Waals surface area (Å²) in [5.74, 6) is -1.26. The lowest BCUT2D eigenvalue weighted by atomic mass is 10.2. The highest BCUT2D eigenvalue weighted by Crippen LogP contribution is 2.29. The third kappa shape index (κ3) is 3.86. The van der Waals surface area contributed by atoms with Crippen molar-refractivity contribution in [3.63, 3.8) is 0 Å².